The first-order valence-electron chi connectivity index (χ1n) is 8.08. The van der Waals surface area contributed by atoms with Crippen molar-refractivity contribution in [3.63, 3.8) is 0 Å². The van der Waals surface area contributed by atoms with Gasteiger partial charge in [-0.05, 0) is 32.2 Å². The molecule has 0 saturated carbocycles. The van der Waals surface area contributed by atoms with Gasteiger partial charge in [0.05, 0.1) is 19.1 Å². The fourth-order valence-corrected chi connectivity index (χ4v) is 3.68. The lowest BCUT2D eigenvalue weighted by molar-refractivity contribution is -0.131. The molecule has 0 radical (unpaired) electrons. The van der Waals surface area contributed by atoms with Gasteiger partial charge in [0.25, 0.3) is 0 Å². The van der Waals surface area contributed by atoms with E-state index in [0.717, 1.165) is 13.2 Å². The predicted molar refractivity (Wildman–Crippen MR) is 80.6 cm³/mol. The third-order valence-electron chi connectivity index (χ3n) is 5.03. The number of nitrogens with zero attached hydrogens (tertiary/aromatic N) is 2. The van der Waals surface area contributed by atoms with Crippen LogP contribution in [0.1, 0.15) is 39.5 Å². The van der Waals surface area contributed by atoms with E-state index in [4.69, 9.17) is 4.74 Å². The first kappa shape index (κ1) is 15.8. The summed E-state index contributed by atoms with van der Waals surface area (Å²) < 4.78 is 5.93. The molecule has 116 valence electrons. The Hall–Kier alpha value is -0.610. The summed E-state index contributed by atoms with van der Waals surface area (Å²) >= 11 is 0. The first-order valence-corrected chi connectivity index (χ1v) is 8.08. The molecule has 0 N–H and O–H groups in total. The number of rotatable bonds is 5. The predicted octanol–water partition coefficient (Wildman–Crippen LogP) is 1.99. The van der Waals surface area contributed by atoms with Gasteiger partial charge in [-0.25, -0.2) is 0 Å². The van der Waals surface area contributed by atoms with Crippen molar-refractivity contribution in [3.8, 4) is 0 Å². The third kappa shape index (κ3) is 3.53. The zero-order chi connectivity index (χ0) is 14.7. The van der Waals surface area contributed by atoms with Gasteiger partial charge < -0.3 is 14.5 Å². The molecule has 2 aliphatic rings. The van der Waals surface area contributed by atoms with Gasteiger partial charge in [-0.15, -0.1) is 0 Å². The summed E-state index contributed by atoms with van der Waals surface area (Å²) in [5.74, 6) is 1.41. The highest BCUT2D eigenvalue weighted by Gasteiger charge is 2.42. The lowest BCUT2D eigenvalue weighted by Gasteiger charge is -2.39. The van der Waals surface area contributed by atoms with Gasteiger partial charge in [-0.2, -0.15) is 0 Å². The van der Waals surface area contributed by atoms with Crippen LogP contribution in [0.3, 0.4) is 0 Å². The summed E-state index contributed by atoms with van der Waals surface area (Å²) in [4.78, 5) is 16.2. The van der Waals surface area contributed by atoms with Crippen molar-refractivity contribution in [1.29, 1.82) is 0 Å². The summed E-state index contributed by atoms with van der Waals surface area (Å²) in [6.45, 7) is 7.75. The molecule has 4 nitrogen and oxygen atoms in total. The third-order valence-corrected chi connectivity index (χ3v) is 5.03. The van der Waals surface area contributed by atoms with Crippen LogP contribution in [0.15, 0.2) is 0 Å². The molecule has 0 spiro atoms. The van der Waals surface area contributed by atoms with Gasteiger partial charge in [0.2, 0.25) is 5.91 Å². The van der Waals surface area contributed by atoms with Crippen LogP contribution in [-0.2, 0) is 9.53 Å². The highest BCUT2D eigenvalue weighted by molar-refractivity contribution is 5.76. The maximum atomic E-state index is 11.9. The number of fused-ring (bicyclic) bond motifs is 1. The smallest absolute Gasteiger partial charge is 0.224 e. The Morgan fingerprint density at radius 2 is 2.20 bits per heavy atom. The van der Waals surface area contributed by atoms with Crippen LogP contribution in [-0.4, -0.2) is 61.6 Å². The second-order valence-electron chi connectivity index (χ2n) is 6.71. The van der Waals surface area contributed by atoms with Crippen molar-refractivity contribution < 1.29 is 9.53 Å². The summed E-state index contributed by atoms with van der Waals surface area (Å²) in [5, 5.41) is 0. The molecule has 2 heterocycles. The fraction of sp³-hybridized carbons (Fsp3) is 0.938. The Kier molecular flexibility index (Phi) is 5.44. The maximum absolute atomic E-state index is 11.9. The van der Waals surface area contributed by atoms with Gasteiger partial charge >= 0.3 is 0 Å². The van der Waals surface area contributed by atoms with E-state index in [1.54, 1.807) is 4.90 Å². The van der Waals surface area contributed by atoms with Crippen molar-refractivity contribution in [3.05, 3.63) is 0 Å². The van der Waals surface area contributed by atoms with Gasteiger partial charge in [-0.1, -0.05) is 13.3 Å². The molecule has 4 atom stereocenters. The number of hydrogen-bond donors (Lipinski definition) is 0. The Balaban J connectivity index is 1.87. The first-order chi connectivity index (χ1) is 9.52. The van der Waals surface area contributed by atoms with Gasteiger partial charge in [-0.3, -0.25) is 4.79 Å². The quantitative estimate of drug-likeness (QED) is 0.773. The molecule has 2 fully saturated rings. The Bertz CT molecular complexity index is 332. The van der Waals surface area contributed by atoms with Gasteiger partial charge in [0, 0.05) is 32.6 Å². The molecule has 0 aromatic rings. The molecule has 0 aliphatic carbocycles. The van der Waals surface area contributed by atoms with E-state index < -0.39 is 0 Å². The number of hydrogen-bond acceptors (Lipinski definition) is 3. The Morgan fingerprint density at radius 3 is 2.85 bits per heavy atom. The van der Waals surface area contributed by atoms with Crippen LogP contribution in [0.25, 0.3) is 0 Å². The summed E-state index contributed by atoms with van der Waals surface area (Å²) in [5.41, 5.74) is 0. The molecular weight excluding hydrogens is 252 g/mol. The summed E-state index contributed by atoms with van der Waals surface area (Å²) in [7, 11) is 3.65. The van der Waals surface area contributed by atoms with Crippen LogP contribution in [0.2, 0.25) is 0 Å². The number of piperidine rings is 1. The minimum Gasteiger partial charge on any atom is -0.377 e. The summed E-state index contributed by atoms with van der Waals surface area (Å²) in [6, 6.07) is 0.684. The van der Waals surface area contributed by atoms with Crippen LogP contribution >= 0.6 is 0 Å². The van der Waals surface area contributed by atoms with Crippen molar-refractivity contribution in [2.75, 3.05) is 33.8 Å². The molecule has 0 aromatic heterocycles. The zero-order valence-corrected chi connectivity index (χ0v) is 13.5. The average Bonchev–Trinajstić information content (AvgIpc) is 2.81. The highest BCUT2D eigenvalue weighted by atomic mass is 16.5. The van der Waals surface area contributed by atoms with E-state index in [0.29, 0.717) is 24.3 Å². The maximum Gasteiger partial charge on any atom is 0.224 e. The van der Waals surface area contributed by atoms with E-state index in [-0.39, 0.29) is 12.0 Å². The largest absolute Gasteiger partial charge is 0.377 e. The molecule has 2 aliphatic heterocycles. The zero-order valence-electron chi connectivity index (χ0n) is 13.5. The van der Waals surface area contributed by atoms with Gasteiger partial charge in [0.15, 0.2) is 0 Å². The van der Waals surface area contributed by atoms with E-state index in [2.05, 4.69) is 18.7 Å². The Labute approximate surface area is 123 Å². The number of ether oxygens (including phenoxy) is 1. The number of amides is 1. The van der Waals surface area contributed by atoms with E-state index in [1.807, 2.05) is 14.1 Å². The van der Waals surface area contributed by atoms with Crippen LogP contribution < -0.4 is 0 Å². The van der Waals surface area contributed by atoms with Gasteiger partial charge in [0.1, 0.15) is 0 Å². The molecule has 2 rings (SSSR count). The minimum atomic E-state index is 0.151. The summed E-state index contributed by atoms with van der Waals surface area (Å²) in [6.07, 6.45) is 4.42. The van der Waals surface area contributed by atoms with E-state index in [1.165, 1.54) is 25.8 Å². The van der Waals surface area contributed by atoms with Crippen molar-refractivity contribution >= 4 is 5.91 Å². The normalized spacial score (nSPS) is 31.9. The second kappa shape index (κ2) is 6.90. The van der Waals surface area contributed by atoms with Crippen LogP contribution in [0.5, 0.6) is 0 Å². The standard InChI is InChI=1S/C16H30N2O2/c1-5-6-12(2)18-8-7-14-13(10-18)11-20-15(14)9-16(19)17(3)4/h12-15H,5-11H2,1-4H3/t12?,13-,14-,15+/m1/s1. The number of carbonyl (C=O) groups excluding carboxylic acids is 1. The van der Waals surface area contributed by atoms with Crippen LogP contribution in [0, 0.1) is 11.8 Å². The van der Waals surface area contributed by atoms with E-state index in [9.17, 15) is 4.79 Å². The SMILES string of the molecule is CCCC(C)N1CC[C@@H]2[C@@H](CO[C@H]2CC(=O)N(C)C)C1. The fourth-order valence-electron chi connectivity index (χ4n) is 3.68. The highest BCUT2D eigenvalue weighted by Crippen LogP contribution is 2.36. The molecule has 1 amide bonds. The molecule has 4 heteroatoms. The lowest BCUT2D eigenvalue weighted by Crippen LogP contribution is -2.46. The molecule has 1 unspecified atom stereocenters. The molecule has 0 aromatic carbocycles. The number of carbonyl (C=O) groups is 1. The average molecular weight is 282 g/mol. The van der Waals surface area contributed by atoms with E-state index >= 15 is 0 Å². The van der Waals surface area contributed by atoms with Crippen molar-refractivity contribution in [2.24, 2.45) is 11.8 Å². The molecule has 0 bridgehead atoms. The monoisotopic (exact) mass is 282 g/mol. The van der Waals surface area contributed by atoms with Crippen LogP contribution in [0.4, 0.5) is 0 Å². The molecule has 20 heavy (non-hydrogen) atoms. The molecular formula is C16H30N2O2. The Morgan fingerprint density at radius 1 is 1.45 bits per heavy atom. The second-order valence-corrected chi connectivity index (χ2v) is 6.71. The minimum absolute atomic E-state index is 0.151. The topological polar surface area (TPSA) is 32.8 Å². The van der Waals surface area contributed by atoms with Crippen molar-refractivity contribution in [1.82, 2.24) is 9.80 Å². The molecule has 2 saturated heterocycles. The number of likely N-dealkylation sites (tertiary alicyclic amines) is 1. The van der Waals surface area contributed by atoms with Crippen molar-refractivity contribution in [2.45, 2.75) is 51.7 Å². The lowest BCUT2D eigenvalue weighted by atomic mass is 9.82.